The molecule has 5 aliphatic rings. The molecule has 0 aromatic heterocycles. The monoisotopic (exact) mass is 610 g/mol. The number of hydrogen-bond donors (Lipinski definition) is 7. The molecule has 0 bridgehead atoms. The lowest BCUT2D eigenvalue weighted by Gasteiger charge is -2.60. The largest absolute Gasteiger partial charge is 0.394 e. The molecule has 3 saturated carbocycles. The van der Waals surface area contributed by atoms with Crippen LogP contribution < -0.4 is 0 Å². The second-order valence-corrected chi connectivity index (χ2v) is 15.6. The molecule has 14 atom stereocenters. The number of rotatable bonds is 8. The Labute approximate surface area is 255 Å². The second kappa shape index (κ2) is 11.7. The van der Waals surface area contributed by atoms with Crippen molar-refractivity contribution in [1.29, 1.82) is 0 Å². The maximum atomic E-state index is 13.8. The van der Waals surface area contributed by atoms with Gasteiger partial charge in [0.2, 0.25) is 0 Å². The van der Waals surface area contributed by atoms with E-state index in [0.717, 1.165) is 24.8 Å². The standard InChI is InChI=1S/C33H54O10/c1-17(23(35)9-10-30(2,3)40)19-8-13-33(41)21-15-24(36)22-14-18(6-11-31(22,4)20(21)7-12-32(19,33)5)42-29-28(39)27(38)26(37)25(16-34)43-29/h15,17-20,22-23,25-29,34-35,37-41H,6-14,16H2,1-5H3. The zero-order chi connectivity index (χ0) is 31.7. The Morgan fingerprint density at radius 3 is 2.40 bits per heavy atom. The first kappa shape index (κ1) is 33.4. The first-order valence-corrected chi connectivity index (χ1v) is 16.3. The lowest BCUT2D eigenvalue weighted by atomic mass is 9.46. The number of carbonyl (C=O) groups is 1. The minimum atomic E-state index is -1.52. The van der Waals surface area contributed by atoms with Gasteiger partial charge in [0, 0.05) is 11.3 Å². The predicted octanol–water partition coefficient (Wildman–Crippen LogP) is 1.59. The number of allylic oxidation sites excluding steroid dienone is 1. The first-order chi connectivity index (χ1) is 20.0. The molecule has 10 nitrogen and oxygen atoms in total. The normalized spacial score (nSPS) is 48.1. The summed E-state index contributed by atoms with van der Waals surface area (Å²) in [6.45, 7) is 9.29. The number of aliphatic hydroxyl groups excluding tert-OH is 5. The summed E-state index contributed by atoms with van der Waals surface area (Å²) < 4.78 is 11.6. The fourth-order valence-electron chi connectivity index (χ4n) is 9.71. The van der Waals surface area contributed by atoms with Crippen LogP contribution >= 0.6 is 0 Å². The van der Waals surface area contributed by atoms with E-state index in [1.165, 1.54) is 0 Å². The van der Waals surface area contributed by atoms with Gasteiger partial charge in [-0.2, -0.15) is 0 Å². The van der Waals surface area contributed by atoms with Crippen molar-refractivity contribution in [1.82, 2.24) is 0 Å². The highest BCUT2D eigenvalue weighted by Crippen LogP contribution is 2.68. The number of carbonyl (C=O) groups excluding carboxylic acids is 1. The van der Waals surface area contributed by atoms with Gasteiger partial charge in [0.15, 0.2) is 12.1 Å². The molecule has 7 N–H and O–H groups in total. The third-order valence-corrected chi connectivity index (χ3v) is 12.6. The Balaban J connectivity index is 1.32. The lowest BCUT2D eigenvalue weighted by Crippen LogP contribution is -2.61. The van der Waals surface area contributed by atoms with Crippen molar-refractivity contribution in [2.45, 2.75) is 147 Å². The fraction of sp³-hybridized carbons (Fsp3) is 0.909. The zero-order valence-corrected chi connectivity index (χ0v) is 26.4. The molecule has 14 unspecified atom stereocenters. The van der Waals surface area contributed by atoms with E-state index in [9.17, 15) is 40.5 Å². The molecule has 0 radical (unpaired) electrons. The Morgan fingerprint density at radius 1 is 1.05 bits per heavy atom. The minimum absolute atomic E-state index is 0.0322. The minimum Gasteiger partial charge on any atom is -0.394 e. The van der Waals surface area contributed by atoms with Crippen LogP contribution in [0, 0.1) is 34.5 Å². The third-order valence-electron chi connectivity index (χ3n) is 12.6. The van der Waals surface area contributed by atoms with E-state index in [1.54, 1.807) is 19.9 Å². The molecule has 1 saturated heterocycles. The summed E-state index contributed by atoms with van der Waals surface area (Å²) in [5.41, 5.74) is -1.98. The molecular formula is C33H54O10. The summed E-state index contributed by atoms with van der Waals surface area (Å²) in [6, 6.07) is 0. The van der Waals surface area contributed by atoms with Crippen molar-refractivity contribution in [3.63, 3.8) is 0 Å². The summed E-state index contributed by atoms with van der Waals surface area (Å²) in [6.07, 6.45) is -0.458. The molecule has 4 fully saturated rings. The number of aliphatic hydroxyl groups is 7. The van der Waals surface area contributed by atoms with Crippen LogP contribution in [0.15, 0.2) is 11.6 Å². The van der Waals surface area contributed by atoms with E-state index in [2.05, 4.69) is 20.8 Å². The number of fused-ring (bicyclic) bond motifs is 5. The Hall–Kier alpha value is -0.950. The fourth-order valence-corrected chi connectivity index (χ4v) is 9.71. The highest BCUT2D eigenvalue weighted by atomic mass is 16.7. The molecule has 246 valence electrons. The van der Waals surface area contributed by atoms with Crippen LogP contribution in [0.25, 0.3) is 0 Å². The van der Waals surface area contributed by atoms with Gasteiger partial charge in [-0.3, -0.25) is 4.79 Å². The zero-order valence-electron chi connectivity index (χ0n) is 26.4. The Morgan fingerprint density at radius 2 is 1.74 bits per heavy atom. The van der Waals surface area contributed by atoms with Crippen molar-refractivity contribution in [2.24, 2.45) is 34.5 Å². The van der Waals surface area contributed by atoms with E-state index < -0.39 is 66.1 Å². The van der Waals surface area contributed by atoms with Gasteiger partial charge in [0.25, 0.3) is 0 Å². The van der Waals surface area contributed by atoms with Gasteiger partial charge in [-0.05, 0) is 106 Å². The SMILES string of the molecule is CC(C(O)CCC(C)(C)O)C1CCC2(O)C3=CC(=O)C4CC(OC5OC(CO)C(O)C(O)C5O)CCC4(C)C3CCC12C. The lowest BCUT2D eigenvalue weighted by molar-refractivity contribution is -0.315. The summed E-state index contributed by atoms with van der Waals surface area (Å²) in [5.74, 6) is -0.306. The predicted molar refractivity (Wildman–Crippen MR) is 156 cm³/mol. The van der Waals surface area contributed by atoms with Crippen LogP contribution in [0.2, 0.25) is 0 Å². The molecule has 5 rings (SSSR count). The molecule has 0 amide bonds. The van der Waals surface area contributed by atoms with Gasteiger partial charge >= 0.3 is 0 Å². The van der Waals surface area contributed by atoms with Crippen LogP contribution in [-0.4, -0.2) is 102 Å². The van der Waals surface area contributed by atoms with Crippen molar-refractivity contribution in [3.8, 4) is 0 Å². The van der Waals surface area contributed by atoms with Crippen molar-refractivity contribution in [3.05, 3.63) is 11.6 Å². The van der Waals surface area contributed by atoms with Gasteiger partial charge < -0.3 is 45.2 Å². The molecule has 0 aromatic rings. The summed E-state index contributed by atoms with van der Waals surface area (Å²) in [4.78, 5) is 13.8. The van der Waals surface area contributed by atoms with E-state index in [4.69, 9.17) is 9.47 Å². The molecular weight excluding hydrogens is 556 g/mol. The number of ketones is 1. The topological polar surface area (TPSA) is 177 Å². The van der Waals surface area contributed by atoms with E-state index >= 15 is 0 Å². The van der Waals surface area contributed by atoms with Crippen molar-refractivity contribution >= 4 is 5.78 Å². The highest BCUT2D eigenvalue weighted by Gasteiger charge is 2.66. The number of hydrogen-bond acceptors (Lipinski definition) is 10. The van der Waals surface area contributed by atoms with Crippen LogP contribution in [-0.2, 0) is 14.3 Å². The van der Waals surface area contributed by atoms with Crippen molar-refractivity contribution < 1.29 is 50.0 Å². The van der Waals surface area contributed by atoms with Crippen LogP contribution in [0.5, 0.6) is 0 Å². The Bertz CT molecular complexity index is 1070. The summed E-state index contributed by atoms with van der Waals surface area (Å²) >= 11 is 0. The maximum absolute atomic E-state index is 13.8. The summed E-state index contributed by atoms with van der Waals surface area (Å²) in [5, 5.41) is 74.0. The maximum Gasteiger partial charge on any atom is 0.186 e. The molecule has 10 heteroatoms. The van der Waals surface area contributed by atoms with E-state index in [1.807, 2.05) is 0 Å². The summed E-state index contributed by atoms with van der Waals surface area (Å²) in [7, 11) is 0. The van der Waals surface area contributed by atoms with Crippen LogP contribution in [0.1, 0.15) is 92.4 Å². The number of ether oxygens (including phenoxy) is 2. The molecule has 0 spiro atoms. The van der Waals surface area contributed by atoms with Crippen LogP contribution in [0.4, 0.5) is 0 Å². The van der Waals surface area contributed by atoms with Crippen LogP contribution in [0.3, 0.4) is 0 Å². The third kappa shape index (κ3) is 5.57. The molecule has 1 aliphatic heterocycles. The highest BCUT2D eigenvalue weighted by molar-refractivity contribution is 5.95. The van der Waals surface area contributed by atoms with Gasteiger partial charge in [-0.25, -0.2) is 0 Å². The Kier molecular flexibility index (Phi) is 9.08. The van der Waals surface area contributed by atoms with E-state index in [0.29, 0.717) is 38.5 Å². The molecule has 0 aromatic carbocycles. The average Bonchev–Trinajstić information content (AvgIpc) is 3.23. The van der Waals surface area contributed by atoms with Gasteiger partial charge in [-0.1, -0.05) is 20.8 Å². The molecule has 4 aliphatic carbocycles. The first-order valence-electron chi connectivity index (χ1n) is 16.3. The van der Waals surface area contributed by atoms with Gasteiger partial charge in [-0.15, -0.1) is 0 Å². The average molecular weight is 611 g/mol. The van der Waals surface area contributed by atoms with E-state index in [-0.39, 0.29) is 34.9 Å². The quantitative estimate of drug-likeness (QED) is 0.214. The van der Waals surface area contributed by atoms with Gasteiger partial charge in [0.1, 0.15) is 24.4 Å². The van der Waals surface area contributed by atoms with Crippen molar-refractivity contribution in [2.75, 3.05) is 6.61 Å². The molecule has 1 heterocycles. The smallest absolute Gasteiger partial charge is 0.186 e. The molecule has 43 heavy (non-hydrogen) atoms. The second-order valence-electron chi connectivity index (χ2n) is 15.6. The van der Waals surface area contributed by atoms with Gasteiger partial charge in [0.05, 0.1) is 30.0 Å².